The summed E-state index contributed by atoms with van der Waals surface area (Å²) in [6, 6.07) is 0. The highest BCUT2D eigenvalue weighted by Gasteiger charge is 2.38. The molecule has 1 saturated heterocycles. The van der Waals surface area contributed by atoms with Crippen LogP contribution in [0.15, 0.2) is 0 Å². The smallest absolute Gasteiger partial charge is 0.407 e. The van der Waals surface area contributed by atoms with E-state index in [0.717, 1.165) is 69.0 Å². The molecular formula is C30H51BrN2O3. The van der Waals surface area contributed by atoms with Crippen molar-refractivity contribution >= 4 is 27.9 Å². The van der Waals surface area contributed by atoms with Crippen molar-refractivity contribution in [3.63, 3.8) is 0 Å². The Hall–Kier alpha value is -0.780. The number of carbonyl (C=O) groups excluding carboxylic acids is 2. The predicted octanol–water partition coefficient (Wildman–Crippen LogP) is 7.32. The molecule has 206 valence electrons. The lowest BCUT2D eigenvalue weighted by molar-refractivity contribution is -0.139. The quantitative estimate of drug-likeness (QED) is 0.354. The summed E-state index contributed by atoms with van der Waals surface area (Å²) in [5.41, 5.74) is -0.449. The molecule has 0 spiro atoms. The number of hydrogen-bond acceptors (Lipinski definition) is 3. The summed E-state index contributed by atoms with van der Waals surface area (Å²) in [6.45, 7) is 8.34. The van der Waals surface area contributed by atoms with Gasteiger partial charge in [-0.3, -0.25) is 4.79 Å². The summed E-state index contributed by atoms with van der Waals surface area (Å²) in [5.74, 6) is 4.26. The fourth-order valence-electron chi connectivity index (χ4n) is 7.82. The van der Waals surface area contributed by atoms with E-state index in [4.69, 9.17) is 4.74 Å². The van der Waals surface area contributed by atoms with E-state index in [1.807, 2.05) is 20.8 Å². The maximum atomic E-state index is 13.5. The zero-order valence-electron chi connectivity index (χ0n) is 23.1. The van der Waals surface area contributed by atoms with E-state index in [-0.39, 0.29) is 12.0 Å². The van der Waals surface area contributed by atoms with Crippen molar-refractivity contribution in [3.8, 4) is 0 Å². The lowest BCUT2D eigenvalue weighted by Crippen LogP contribution is -2.45. The minimum Gasteiger partial charge on any atom is -0.444 e. The standard InChI is InChI=1S/C30H51BrN2O3/c1-30(2,3)36-29(35)32-20-21-8-6-9-23(18-21)22-14-16-33(17-15-22)28(34)25-11-7-10-24(19-25)26-12-4-5-13-27(26)31/h21-27H,4-20H2,1-3H3,(H,32,35). The summed E-state index contributed by atoms with van der Waals surface area (Å²) < 4.78 is 5.41. The van der Waals surface area contributed by atoms with E-state index >= 15 is 0 Å². The fraction of sp³-hybridized carbons (Fsp3) is 0.933. The van der Waals surface area contributed by atoms with Gasteiger partial charge in [0.05, 0.1) is 0 Å². The average molecular weight is 568 g/mol. The van der Waals surface area contributed by atoms with Gasteiger partial charge in [0.2, 0.25) is 5.91 Å². The number of hydrogen-bond donors (Lipinski definition) is 1. The summed E-state index contributed by atoms with van der Waals surface area (Å²) in [6.07, 6.45) is 17.2. The third kappa shape index (κ3) is 7.86. The maximum absolute atomic E-state index is 13.5. The summed E-state index contributed by atoms with van der Waals surface area (Å²) in [7, 11) is 0. The van der Waals surface area contributed by atoms with E-state index in [2.05, 4.69) is 26.1 Å². The van der Waals surface area contributed by atoms with Gasteiger partial charge in [-0.15, -0.1) is 0 Å². The summed E-state index contributed by atoms with van der Waals surface area (Å²) in [4.78, 5) is 28.5. The topological polar surface area (TPSA) is 58.6 Å². The first-order valence-electron chi connectivity index (χ1n) is 15.1. The van der Waals surface area contributed by atoms with Gasteiger partial charge in [-0.05, 0) is 102 Å². The average Bonchev–Trinajstić information content (AvgIpc) is 2.87. The molecule has 1 N–H and O–H groups in total. The van der Waals surface area contributed by atoms with Crippen LogP contribution < -0.4 is 5.32 Å². The Balaban J connectivity index is 1.20. The number of amides is 2. The van der Waals surface area contributed by atoms with E-state index in [0.29, 0.717) is 16.7 Å². The Bertz CT molecular complexity index is 730. The molecule has 1 heterocycles. The van der Waals surface area contributed by atoms with Crippen molar-refractivity contribution in [2.75, 3.05) is 19.6 Å². The van der Waals surface area contributed by atoms with Crippen molar-refractivity contribution in [1.29, 1.82) is 0 Å². The first kappa shape index (κ1) is 28.2. The molecule has 0 aromatic rings. The van der Waals surface area contributed by atoms with Gasteiger partial charge in [0, 0.05) is 30.4 Å². The number of nitrogens with zero attached hydrogens (tertiary/aromatic N) is 1. The highest BCUT2D eigenvalue weighted by atomic mass is 79.9. The van der Waals surface area contributed by atoms with Gasteiger partial charge in [0.25, 0.3) is 0 Å². The van der Waals surface area contributed by atoms with Crippen LogP contribution in [0.4, 0.5) is 4.79 Å². The largest absolute Gasteiger partial charge is 0.444 e. The second-order valence-electron chi connectivity index (χ2n) is 13.4. The molecule has 0 radical (unpaired) electrons. The third-order valence-corrected chi connectivity index (χ3v) is 10.8. The molecule has 0 aromatic heterocycles. The molecule has 3 saturated carbocycles. The van der Waals surface area contributed by atoms with Crippen molar-refractivity contribution in [1.82, 2.24) is 10.2 Å². The number of ether oxygens (including phenoxy) is 1. The monoisotopic (exact) mass is 566 g/mol. The lowest BCUT2D eigenvalue weighted by Gasteiger charge is -2.42. The van der Waals surface area contributed by atoms with Gasteiger partial charge in [0.1, 0.15) is 5.60 Å². The molecule has 6 unspecified atom stereocenters. The number of alkyl halides is 1. The number of rotatable bonds is 5. The van der Waals surface area contributed by atoms with Crippen LogP contribution in [0, 0.1) is 35.5 Å². The molecule has 4 fully saturated rings. The number of carbonyl (C=O) groups is 2. The first-order valence-corrected chi connectivity index (χ1v) is 16.0. The fourth-order valence-corrected chi connectivity index (χ4v) is 8.84. The number of nitrogens with one attached hydrogen (secondary N) is 1. The third-order valence-electron chi connectivity index (χ3n) is 9.68. The SMILES string of the molecule is CC(C)(C)OC(=O)NCC1CCCC(C2CCN(C(=O)C3CCCC(C4CCCCC4Br)C3)CC2)C1. The molecule has 36 heavy (non-hydrogen) atoms. The number of halogens is 1. The molecule has 5 nitrogen and oxygen atoms in total. The number of likely N-dealkylation sites (tertiary alicyclic amines) is 1. The van der Waals surface area contributed by atoms with Crippen molar-refractivity contribution in [2.24, 2.45) is 35.5 Å². The normalized spacial score (nSPS) is 34.7. The van der Waals surface area contributed by atoms with Crippen LogP contribution in [0.2, 0.25) is 0 Å². The Morgan fingerprint density at radius 2 is 1.53 bits per heavy atom. The van der Waals surface area contributed by atoms with Crippen molar-refractivity contribution in [2.45, 2.75) is 121 Å². The number of piperidine rings is 1. The van der Waals surface area contributed by atoms with Crippen LogP contribution in [0.5, 0.6) is 0 Å². The zero-order chi connectivity index (χ0) is 25.7. The molecule has 0 aromatic carbocycles. The molecule has 3 aliphatic carbocycles. The minimum atomic E-state index is -0.449. The highest BCUT2D eigenvalue weighted by Crippen LogP contribution is 2.44. The molecule has 4 rings (SSSR count). The van der Waals surface area contributed by atoms with Crippen molar-refractivity contribution < 1.29 is 14.3 Å². The summed E-state index contributed by atoms with van der Waals surface area (Å²) in [5, 5.41) is 3.00. The van der Waals surface area contributed by atoms with Gasteiger partial charge in [-0.25, -0.2) is 4.79 Å². The van der Waals surface area contributed by atoms with Gasteiger partial charge >= 0.3 is 6.09 Å². The second-order valence-corrected chi connectivity index (χ2v) is 14.6. The van der Waals surface area contributed by atoms with Gasteiger partial charge in [-0.1, -0.05) is 54.5 Å². The Morgan fingerprint density at radius 3 is 2.25 bits per heavy atom. The molecule has 6 atom stereocenters. The predicted molar refractivity (Wildman–Crippen MR) is 149 cm³/mol. The van der Waals surface area contributed by atoms with Crippen LogP contribution in [0.1, 0.15) is 111 Å². The lowest BCUT2D eigenvalue weighted by atomic mass is 9.69. The van der Waals surface area contributed by atoms with E-state index in [9.17, 15) is 9.59 Å². The first-order chi connectivity index (χ1) is 17.2. The van der Waals surface area contributed by atoms with E-state index < -0.39 is 5.60 Å². The Morgan fingerprint density at radius 1 is 0.833 bits per heavy atom. The van der Waals surface area contributed by atoms with Crippen molar-refractivity contribution in [3.05, 3.63) is 0 Å². The highest BCUT2D eigenvalue weighted by molar-refractivity contribution is 9.09. The van der Waals surface area contributed by atoms with E-state index in [1.165, 1.54) is 64.2 Å². The molecular weight excluding hydrogens is 516 g/mol. The van der Waals surface area contributed by atoms with E-state index in [1.54, 1.807) is 0 Å². The molecule has 4 aliphatic rings. The van der Waals surface area contributed by atoms with Gasteiger partial charge in [0.15, 0.2) is 0 Å². The molecule has 0 bridgehead atoms. The van der Waals surface area contributed by atoms with Gasteiger partial charge in [-0.2, -0.15) is 0 Å². The maximum Gasteiger partial charge on any atom is 0.407 e. The Labute approximate surface area is 228 Å². The van der Waals surface area contributed by atoms with Crippen LogP contribution in [-0.2, 0) is 9.53 Å². The van der Waals surface area contributed by atoms with Gasteiger partial charge < -0.3 is 15.0 Å². The zero-order valence-corrected chi connectivity index (χ0v) is 24.7. The number of alkyl carbamates (subject to hydrolysis) is 1. The van der Waals surface area contributed by atoms with Crippen LogP contribution >= 0.6 is 15.9 Å². The Kier molecular flexibility index (Phi) is 10.1. The summed E-state index contributed by atoms with van der Waals surface area (Å²) >= 11 is 3.98. The molecule has 6 heteroatoms. The molecule has 2 amide bonds. The molecule has 1 aliphatic heterocycles. The second kappa shape index (κ2) is 12.8. The van der Waals surface area contributed by atoms with Crippen LogP contribution in [0.25, 0.3) is 0 Å². The van der Waals surface area contributed by atoms with Crippen LogP contribution in [0.3, 0.4) is 0 Å². The minimum absolute atomic E-state index is 0.264. The van der Waals surface area contributed by atoms with Crippen LogP contribution in [-0.4, -0.2) is 47.0 Å².